The highest BCUT2D eigenvalue weighted by atomic mass is 15.1. The van der Waals surface area contributed by atoms with E-state index in [1.807, 2.05) is 19.4 Å². The number of aromatic nitrogens is 2. The van der Waals surface area contributed by atoms with Crippen LogP contribution in [0.15, 0.2) is 12.5 Å². The Hall–Kier alpha value is -0.870. The summed E-state index contributed by atoms with van der Waals surface area (Å²) in [4.78, 5) is 6.68. The molecule has 0 fully saturated rings. The van der Waals surface area contributed by atoms with Crippen LogP contribution in [0.25, 0.3) is 0 Å². The average molecular weight is 252 g/mol. The Morgan fingerprint density at radius 3 is 2.56 bits per heavy atom. The Bertz CT molecular complexity index is 328. The van der Waals surface area contributed by atoms with E-state index in [4.69, 9.17) is 5.73 Å². The molecule has 18 heavy (non-hydrogen) atoms. The van der Waals surface area contributed by atoms with E-state index in [9.17, 15) is 0 Å². The first kappa shape index (κ1) is 15.2. The summed E-state index contributed by atoms with van der Waals surface area (Å²) < 4.78 is 2.22. The molecule has 2 N–H and O–H groups in total. The third-order valence-electron chi connectivity index (χ3n) is 3.63. The minimum atomic E-state index is 0.0535. The molecular weight excluding hydrogens is 224 g/mol. The first-order valence-electron chi connectivity index (χ1n) is 7.09. The summed E-state index contributed by atoms with van der Waals surface area (Å²) in [6, 6.07) is 0.529. The molecule has 0 spiro atoms. The topological polar surface area (TPSA) is 47.1 Å². The Labute approximate surface area is 111 Å². The van der Waals surface area contributed by atoms with Gasteiger partial charge in [-0.3, -0.25) is 0 Å². The van der Waals surface area contributed by atoms with E-state index in [2.05, 4.69) is 35.2 Å². The second kappa shape index (κ2) is 7.54. The lowest BCUT2D eigenvalue weighted by Crippen LogP contribution is -2.24. The predicted molar refractivity (Wildman–Crippen MR) is 76.6 cm³/mol. The number of imidazole rings is 1. The molecule has 0 radical (unpaired) electrons. The van der Waals surface area contributed by atoms with Crippen LogP contribution in [0.4, 0.5) is 0 Å². The Balaban J connectivity index is 2.45. The maximum absolute atomic E-state index is 5.95. The van der Waals surface area contributed by atoms with Crippen molar-refractivity contribution in [3.63, 3.8) is 0 Å². The van der Waals surface area contributed by atoms with Gasteiger partial charge < -0.3 is 15.2 Å². The van der Waals surface area contributed by atoms with Crippen molar-refractivity contribution < 1.29 is 0 Å². The van der Waals surface area contributed by atoms with Crippen molar-refractivity contribution in [1.29, 1.82) is 0 Å². The molecule has 0 aromatic carbocycles. The van der Waals surface area contributed by atoms with E-state index in [1.54, 1.807) is 0 Å². The number of nitrogens with zero attached hydrogens (tertiary/aromatic N) is 3. The van der Waals surface area contributed by atoms with Crippen LogP contribution in [-0.2, 0) is 0 Å². The van der Waals surface area contributed by atoms with Crippen LogP contribution in [0.5, 0.6) is 0 Å². The summed E-state index contributed by atoms with van der Waals surface area (Å²) >= 11 is 0. The van der Waals surface area contributed by atoms with Gasteiger partial charge in [0.05, 0.1) is 12.0 Å². The van der Waals surface area contributed by atoms with Crippen molar-refractivity contribution in [3.8, 4) is 0 Å². The molecule has 1 unspecified atom stereocenters. The SMILES string of the molecule is CCN(CC)CCCC(C)n1cncc1[C@@H](C)N. The van der Waals surface area contributed by atoms with Crippen molar-refractivity contribution in [2.45, 2.75) is 52.6 Å². The van der Waals surface area contributed by atoms with E-state index in [0.29, 0.717) is 6.04 Å². The molecule has 0 bridgehead atoms. The van der Waals surface area contributed by atoms with Gasteiger partial charge in [-0.2, -0.15) is 0 Å². The second-order valence-electron chi connectivity index (χ2n) is 5.03. The lowest BCUT2D eigenvalue weighted by molar-refractivity contribution is 0.287. The highest BCUT2D eigenvalue weighted by Crippen LogP contribution is 2.19. The molecule has 0 saturated heterocycles. The predicted octanol–water partition coefficient (Wildman–Crippen LogP) is 2.59. The van der Waals surface area contributed by atoms with Gasteiger partial charge in [0.1, 0.15) is 0 Å². The smallest absolute Gasteiger partial charge is 0.0951 e. The maximum Gasteiger partial charge on any atom is 0.0951 e. The quantitative estimate of drug-likeness (QED) is 0.773. The van der Waals surface area contributed by atoms with Gasteiger partial charge in [0, 0.05) is 18.3 Å². The fraction of sp³-hybridized carbons (Fsp3) is 0.786. The number of hydrogen-bond acceptors (Lipinski definition) is 3. The Kier molecular flexibility index (Phi) is 6.36. The zero-order valence-corrected chi connectivity index (χ0v) is 12.3. The van der Waals surface area contributed by atoms with Crippen molar-refractivity contribution in [3.05, 3.63) is 18.2 Å². The van der Waals surface area contributed by atoms with E-state index in [1.165, 1.54) is 19.4 Å². The van der Waals surface area contributed by atoms with Gasteiger partial charge >= 0.3 is 0 Å². The summed E-state index contributed by atoms with van der Waals surface area (Å²) in [6.07, 6.45) is 6.18. The molecule has 0 aliphatic heterocycles. The number of rotatable bonds is 8. The van der Waals surface area contributed by atoms with Crippen LogP contribution in [0, 0.1) is 0 Å². The van der Waals surface area contributed by atoms with E-state index in [-0.39, 0.29) is 6.04 Å². The van der Waals surface area contributed by atoms with Crippen molar-refractivity contribution in [1.82, 2.24) is 14.5 Å². The average Bonchev–Trinajstić information content (AvgIpc) is 2.83. The highest BCUT2D eigenvalue weighted by molar-refractivity contribution is 5.04. The molecule has 1 aromatic rings. The summed E-state index contributed by atoms with van der Waals surface area (Å²) in [5.41, 5.74) is 7.08. The third-order valence-corrected chi connectivity index (χ3v) is 3.63. The van der Waals surface area contributed by atoms with Gasteiger partial charge in [-0.05, 0) is 46.3 Å². The molecule has 4 nitrogen and oxygen atoms in total. The normalized spacial score (nSPS) is 15.0. The maximum atomic E-state index is 5.95. The molecule has 1 aromatic heterocycles. The van der Waals surface area contributed by atoms with E-state index >= 15 is 0 Å². The van der Waals surface area contributed by atoms with Crippen molar-refractivity contribution >= 4 is 0 Å². The molecule has 0 aliphatic rings. The molecule has 104 valence electrons. The molecule has 1 rings (SSSR count). The van der Waals surface area contributed by atoms with Gasteiger partial charge in [-0.1, -0.05) is 13.8 Å². The summed E-state index contributed by atoms with van der Waals surface area (Å²) in [5, 5.41) is 0. The van der Waals surface area contributed by atoms with Gasteiger partial charge in [0.2, 0.25) is 0 Å². The fourth-order valence-electron chi connectivity index (χ4n) is 2.33. The molecule has 2 atom stereocenters. The number of nitrogens with two attached hydrogens (primary N) is 1. The van der Waals surface area contributed by atoms with Gasteiger partial charge in [-0.25, -0.2) is 4.98 Å². The second-order valence-corrected chi connectivity index (χ2v) is 5.03. The summed E-state index contributed by atoms with van der Waals surface area (Å²) in [5.74, 6) is 0. The van der Waals surface area contributed by atoms with Crippen molar-refractivity contribution in [2.75, 3.05) is 19.6 Å². The summed E-state index contributed by atoms with van der Waals surface area (Å²) in [7, 11) is 0. The van der Waals surface area contributed by atoms with Gasteiger partial charge in [0.15, 0.2) is 0 Å². The molecule has 0 amide bonds. The molecule has 0 aliphatic carbocycles. The zero-order chi connectivity index (χ0) is 13.5. The van der Waals surface area contributed by atoms with Crippen LogP contribution in [0.1, 0.15) is 58.3 Å². The molecular formula is C14H28N4. The van der Waals surface area contributed by atoms with Crippen LogP contribution < -0.4 is 5.73 Å². The Morgan fingerprint density at radius 2 is 2.00 bits per heavy atom. The first-order valence-corrected chi connectivity index (χ1v) is 7.09. The van der Waals surface area contributed by atoms with Crippen molar-refractivity contribution in [2.24, 2.45) is 5.73 Å². The lowest BCUT2D eigenvalue weighted by Gasteiger charge is -2.21. The van der Waals surface area contributed by atoms with Crippen LogP contribution >= 0.6 is 0 Å². The fourth-order valence-corrected chi connectivity index (χ4v) is 2.33. The highest BCUT2D eigenvalue weighted by Gasteiger charge is 2.12. The minimum Gasteiger partial charge on any atom is -0.330 e. The molecule has 1 heterocycles. The van der Waals surface area contributed by atoms with E-state index < -0.39 is 0 Å². The first-order chi connectivity index (χ1) is 8.60. The Morgan fingerprint density at radius 1 is 1.33 bits per heavy atom. The van der Waals surface area contributed by atoms with Crippen LogP contribution in [-0.4, -0.2) is 34.1 Å². The number of hydrogen-bond donors (Lipinski definition) is 1. The van der Waals surface area contributed by atoms with Gasteiger partial charge in [0.25, 0.3) is 0 Å². The van der Waals surface area contributed by atoms with Crippen LogP contribution in [0.2, 0.25) is 0 Å². The molecule has 4 heteroatoms. The minimum absolute atomic E-state index is 0.0535. The lowest BCUT2D eigenvalue weighted by atomic mass is 10.1. The monoisotopic (exact) mass is 252 g/mol. The van der Waals surface area contributed by atoms with Crippen LogP contribution in [0.3, 0.4) is 0 Å². The molecule has 0 saturated carbocycles. The largest absolute Gasteiger partial charge is 0.330 e. The third kappa shape index (κ3) is 4.10. The van der Waals surface area contributed by atoms with E-state index in [0.717, 1.165) is 18.8 Å². The summed E-state index contributed by atoms with van der Waals surface area (Å²) in [6.45, 7) is 12.2. The zero-order valence-electron chi connectivity index (χ0n) is 12.3. The van der Waals surface area contributed by atoms with Gasteiger partial charge in [-0.15, -0.1) is 0 Å². The standard InChI is InChI=1S/C14H28N4/c1-5-17(6-2)9-7-8-12(3)18-11-16-10-14(18)13(4)15/h10-13H,5-9,15H2,1-4H3/t12?,13-/m1/s1.